The summed E-state index contributed by atoms with van der Waals surface area (Å²) in [5.74, 6) is 0.390. The summed E-state index contributed by atoms with van der Waals surface area (Å²) in [6.07, 6.45) is 5.47. The summed E-state index contributed by atoms with van der Waals surface area (Å²) in [5, 5.41) is 9.93. The second-order valence-corrected chi connectivity index (χ2v) is 8.57. The molecule has 174 valence electrons. The van der Waals surface area contributed by atoms with E-state index in [4.69, 9.17) is 11.6 Å². The number of H-pyrrole nitrogens is 1. The van der Waals surface area contributed by atoms with Crippen LogP contribution < -0.4 is 15.0 Å². The van der Waals surface area contributed by atoms with Gasteiger partial charge in [-0.3, -0.25) is 9.89 Å². The van der Waals surface area contributed by atoms with E-state index in [0.29, 0.717) is 11.3 Å². The maximum atomic E-state index is 13.2. The standard InChI is InChI=1S/C23H24ClF2N5O2/c1-14(2)19-17(22(32)29-15-5-7-16(8-6-15)33-23(24,25)26)13-27-21(31-11-3-4-12-31)20(19)18-9-10-28-30-18/h5-10,13-14H,3-4,11-12H2,1-2H3,(H,28,30)(H,29,32). The predicted octanol–water partition coefficient (Wildman–Crippen LogP) is 5.62. The number of rotatable bonds is 7. The van der Waals surface area contributed by atoms with Crippen molar-refractivity contribution in [2.75, 3.05) is 23.3 Å². The molecule has 1 fully saturated rings. The topological polar surface area (TPSA) is 83.1 Å². The Labute approximate surface area is 195 Å². The largest absolute Gasteiger partial charge is 0.487 e. The monoisotopic (exact) mass is 475 g/mol. The van der Waals surface area contributed by atoms with Crippen LogP contribution in [0.2, 0.25) is 0 Å². The zero-order chi connectivity index (χ0) is 23.6. The van der Waals surface area contributed by atoms with Crippen LogP contribution in [0.4, 0.5) is 20.3 Å². The van der Waals surface area contributed by atoms with Crippen LogP contribution in [0.15, 0.2) is 42.7 Å². The zero-order valence-corrected chi connectivity index (χ0v) is 19.0. The molecule has 0 unspecified atom stereocenters. The van der Waals surface area contributed by atoms with Crippen LogP contribution in [0, 0.1) is 0 Å². The molecule has 1 aromatic carbocycles. The molecule has 10 heteroatoms. The molecule has 4 rings (SSSR count). The molecule has 3 aromatic rings. The summed E-state index contributed by atoms with van der Waals surface area (Å²) < 4.78 is 29.9. The van der Waals surface area contributed by atoms with E-state index in [2.05, 4.69) is 30.1 Å². The van der Waals surface area contributed by atoms with E-state index in [9.17, 15) is 13.6 Å². The Kier molecular flexibility index (Phi) is 6.51. The molecule has 0 aliphatic carbocycles. The minimum absolute atomic E-state index is 0.0233. The number of nitrogens with one attached hydrogen (secondary N) is 2. The first-order chi connectivity index (χ1) is 15.7. The summed E-state index contributed by atoms with van der Waals surface area (Å²) in [4.78, 5) is 20.2. The summed E-state index contributed by atoms with van der Waals surface area (Å²) in [5.41, 5.74) is -0.424. The van der Waals surface area contributed by atoms with Gasteiger partial charge in [-0.15, -0.1) is 8.78 Å². The van der Waals surface area contributed by atoms with Crippen LogP contribution in [-0.4, -0.2) is 39.7 Å². The van der Waals surface area contributed by atoms with Gasteiger partial charge >= 0.3 is 5.57 Å². The van der Waals surface area contributed by atoms with Gasteiger partial charge in [-0.25, -0.2) is 4.98 Å². The summed E-state index contributed by atoms with van der Waals surface area (Å²) in [7, 11) is 0. The number of carbonyl (C=O) groups is 1. The van der Waals surface area contributed by atoms with Crippen molar-refractivity contribution in [3.8, 4) is 17.0 Å². The first kappa shape index (κ1) is 23.0. The molecule has 0 saturated carbocycles. The summed E-state index contributed by atoms with van der Waals surface area (Å²) >= 11 is 4.79. The fourth-order valence-electron chi connectivity index (χ4n) is 4.06. The lowest BCUT2D eigenvalue weighted by molar-refractivity contribution is -0.0964. The number of halogens is 3. The number of amides is 1. The maximum absolute atomic E-state index is 13.2. The Morgan fingerprint density at radius 1 is 1.21 bits per heavy atom. The molecular formula is C23H24ClF2N5O2. The summed E-state index contributed by atoms with van der Waals surface area (Å²) in [6.45, 7) is 5.87. The first-order valence-electron chi connectivity index (χ1n) is 10.7. The fourth-order valence-corrected chi connectivity index (χ4v) is 4.15. The van der Waals surface area contributed by atoms with Gasteiger partial charge < -0.3 is 15.0 Å². The van der Waals surface area contributed by atoms with Crippen LogP contribution >= 0.6 is 11.6 Å². The van der Waals surface area contributed by atoms with Crippen LogP contribution in [-0.2, 0) is 0 Å². The Hall–Kier alpha value is -3.20. The van der Waals surface area contributed by atoms with Crippen molar-refractivity contribution in [1.29, 1.82) is 0 Å². The number of carbonyl (C=O) groups excluding carboxylic acids is 1. The molecule has 1 aliphatic rings. The average molecular weight is 476 g/mol. The van der Waals surface area contributed by atoms with Crippen molar-refractivity contribution in [3.05, 3.63) is 53.9 Å². The fraction of sp³-hybridized carbons (Fsp3) is 0.348. The van der Waals surface area contributed by atoms with Crippen molar-refractivity contribution in [3.63, 3.8) is 0 Å². The molecule has 7 nitrogen and oxygen atoms in total. The lowest BCUT2D eigenvalue weighted by Gasteiger charge is -2.25. The van der Waals surface area contributed by atoms with Crippen LogP contribution in [0.1, 0.15) is 48.5 Å². The number of alkyl halides is 3. The van der Waals surface area contributed by atoms with Gasteiger partial charge in [0.25, 0.3) is 5.91 Å². The molecule has 1 amide bonds. The zero-order valence-electron chi connectivity index (χ0n) is 18.2. The number of hydrogen-bond donors (Lipinski definition) is 2. The van der Waals surface area contributed by atoms with Crippen LogP contribution in [0.5, 0.6) is 5.75 Å². The molecule has 2 aromatic heterocycles. The molecule has 0 atom stereocenters. The van der Waals surface area contributed by atoms with E-state index in [0.717, 1.165) is 48.6 Å². The minimum atomic E-state index is -3.80. The Morgan fingerprint density at radius 3 is 2.48 bits per heavy atom. The molecule has 1 aliphatic heterocycles. The minimum Gasteiger partial charge on any atom is -0.420 e. The third-order valence-corrected chi connectivity index (χ3v) is 5.52. The number of benzene rings is 1. The van der Waals surface area contributed by atoms with Crippen LogP contribution in [0.3, 0.4) is 0 Å². The van der Waals surface area contributed by atoms with E-state index in [1.165, 1.54) is 24.3 Å². The highest BCUT2D eigenvalue weighted by Gasteiger charge is 2.28. The third kappa shape index (κ3) is 5.24. The highest BCUT2D eigenvalue weighted by atomic mass is 35.5. The van der Waals surface area contributed by atoms with E-state index >= 15 is 0 Å². The predicted molar refractivity (Wildman–Crippen MR) is 123 cm³/mol. The molecule has 0 bridgehead atoms. The molecular weight excluding hydrogens is 452 g/mol. The van der Waals surface area contributed by atoms with Crippen molar-refractivity contribution < 1.29 is 18.3 Å². The molecule has 3 heterocycles. The number of aromatic amines is 1. The second-order valence-electron chi connectivity index (χ2n) is 8.13. The van der Waals surface area contributed by atoms with Crippen molar-refractivity contribution in [1.82, 2.24) is 15.2 Å². The molecule has 1 saturated heterocycles. The number of nitrogens with zero attached hydrogens (tertiary/aromatic N) is 3. The van der Waals surface area contributed by atoms with Crippen molar-refractivity contribution in [2.45, 2.75) is 38.2 Å². The normalized spacial score (nSPS) is 14.1. The molecule has 0 radical (unpaired) electrons. The van der Waals surface area contributed by atoms with Gasteiger partial charge in [0.15, 0.2) is 0 Å². The van der Waals surface area contributed by atoms with Gasteiger partial charge in [0, 0.05) is 48.3 Å². The van der Waals surface area contributed by atoms with Gasteiger partial charge in [-0.2, -0.15) is 5.10 Å². The number of aromatic nitrogens is 3. The third-order valence-electron chi connectivity index (χ3n) is 5.44. The molecule has 0 spiro atoms. The van der Waals surface area contributed by atoms with Crippen molar-refractivity contribution in [2.24, 2.45) is 0 Å². The SMILES string of the molecule is CC(C)c1c(C(=O)Nc2ccc(OC(F)(F)Cl)cc2)cnc(N2CCCC2)c1-c1ccn[nH]1. The average Bonchev–Trinajstić information content (AvgIpc) is 3.47. The highest BCUT2D eigenvalue weighted by Crippen LogP contribution is 2.38. The molecule has 33 heavy (non-hydrogen) atoms. The van der Waals surface area contributed by atoms with Gasteiger partial charge in [-0.1, -0.05) is 13.8 Å². The lowest BCUT2D eigenvalue weighted by Crippen LogP contribution is -2.23. The Bertz CT molecular complexity index is 1110. The Balaban J connectivity index is 1.68. The quantitative estimate of drug-likeness (QED) is 0.433. The number of hydrogen-bond acceptors (Lipinski definition) is 5. The smallest absolute Gasteiger partial charge is 0.420 e. The highest BCUT2D eigenvalue weighted by molar-refractivity contribution is 6.20. The van der Waals surface area contributed by atoms with Gasteiger partial charge in [-0.05, 0) is 54.7 Å². The first-order valence-corrected chi connectivity index (χ1v) is 11.1. The second kappa shape index (κ2) is 9.35. The van der Waals surface area contributed by atoms with E-state index in [1.807, 2.05) is 19.9 Å². The lowest BCUT2D eigenvalue weighted by atomic mass is 9.91. The number of ether oxygens (including phenoxy) is 1. The van der Waals surface area contributed by atoms with Gasteiger partial charge in [0.05, 0.1) is 11.3 Å². The van der Waals surface area contributed by atoms with E-state index < -0.39 is 5.57 Å². The van der Waals surface area contributed by atoms with E-state index in [-0.39, 0.29) is 17.6 Å². The summed E-state index contributed by atoms with van der Waals surface area (Å²) in [6, 6.07) is 7.41. The Morgan fingerprint density at radius 2 is 1.91 bits per heavy atom. The van der Waals surface area contributed by atoms with Gasteiger partial charge in [0.2, 0.25) is 0 Å². The van der Waals surface area contributed by atoms with E-state index in [1.54, 1.807) is 12.4 Å². The van der Waals surface area contributed by atoms with Crippen molar-refractivity contribution >= 4 is 29.0 Å². The molecule has 2 N–H and O–H groups in total. The number of anilines is 2. The maximum Gasteiger partial charge on any atom is 0.487 e. The van der Waals surface area contributed by atoms with Gasteiger partial charge in [0.1, 0.15) is 11.6 Å². The number of pyridine rings is 1. The van der Waals surface area contributed by atoms with Crippen LogP contribution in [0.25, 0.3) is 11.3 Å².